The number of amides is 1. The first kappa shape index (κ1) is 19.1. The van der Waals surface area contributed by atoms with Crippen molar-refractivity contribution < 1.29 is 4.79 Å². The fraction of sp³-hybridized carbons (Fsp3) is 0.333. The van der Waals surface area contributed by atoms with Gasteiger partial charge in [-0.3, -0.25) is 9.69 Å². The van der Waals surface area contributed by atoms with Gasteiger partial charge in [-0.05, 0) is 38.3 Å². The Kier molecular flexibility index (Phi) is 5.73. The minimum Gasteiger partial charge on any atom is -0.284 e. The summed E-state index contributed by atoms with van der Waals surface area (Å²) >= 11 is 3.03. The van der Waals surface area contributed by atoms with E-state index in [-0.39, 0.29) is 11.2 Å². The highest BCUT2D eigenvalue weighted by atomic mass is 32.2. The number of thiazole rings is 1. The lowest BCUT2D eigenvalue weighted by Crippen LogP contribution is -2.39. The summed E-state index contributed by atoms with van der Waals surface area (Å²) in [5, 5.41) is 12.1. The third kappa shape index (κ3) is 4.25. The van der Waals surface area contributed by atoms with Gasteiger partial charge in [0.1, 0.15) is 5.03 Å². The highest BCUT2D eigenvalue weighted by Crippen LogP contribution is 2.36. The van der Waals surface area contributed by atoms with Crippen LogP contribution in [0.3, 0.4) is 0 Å². The smallest absolute Gasteiger partial charge is 0.242 e. The lowest BCUT2D eigenvalue weighted by molar-refractivity contribution is -0.118. The Labute approximate surface area is 173 Å². The molecule has 1 unspecified atom stereocenters. The number of rotatable bonds is 7. The minimum absolute atomic E-state index is 0.123. The summed E-state index contributed by atoms with van der Waals surface area (Å²) in [7, 11) is 0. The first-order chi connectivity index (χ1) is 13.7. The van der Waals surface area contributed by atoms with Gasteiger partial charge in [0.15, 0.2) is 5.13 Å². The molecule has 3 aromatic rings. The molecule has 28 heavy (non-hydrogen) atoms. The van der Waals surface area contributed by atoms with Crippen molar-refractivity contribution in [2.45, 2.75) is 49.4 Å². The van der Waals surface area contributed by atoms with Crippen LogP contribution in [0, 0.1) is 6.92 Å². The van der Waals surface area contributed by atoms with Crippen molar-refractivity contribution in [3.63, 3.8) is 0 Å². The van der Waals surface area contributed by atoms with Crippen molar-refractivity contribution in [3.8, 4) is 11.3 Å². The van der Waals surface area contributed by atoms with E-state index in [2.05, 4.69) is 15.2 Å². The summed E-state index contributed by atoms with van der Waals surface area (Å²) < 4.78 is 0. The van der Waals surface area contributed by atoms with Gasteiger partial charge >= 0.3 is 0 Å². The van der Waals surface area contributed by atoms with Gasteiger partial charge in [-0.25, -0.2) is 4.98 Å². The molecule has 0 aliphatic heterocycles. The van der Waals surface area contributed by atoms with Crippen LogP contribution in [-0.4, -0.2) is 32.4 Å². The number of carbonyl (C=O) groups excluding carboxylic acids is 1. The van der Waals surface area contributed by atoms with Crippen LogP contribution in [-0.2, 0) is 4.79 Å². The average molecular weight is 411 g/mol. The molecule has 7 heteroatoms. The first-order valence-corrected chi connectivity index (χ1v) is 11.2. The lowest BCUT2D eigenvalue weighted by Gasteiger charge is -2.24. The normalized spacial score (nSPS) is 14.6. The second-order valence-electron chi connectivity index (χ2n) is 6.85. The Morgan fingerprint density at radius 3 is 2.57 bits per heavy atom. The number of aromatic nitrogens is 3. The van der Waals surface area contributed by atoms with Gasteiger partial charge < -0.3 is 0 Å². The topological polar surface area (TPSA) is 59.0 Å². The number of aryl methyl sites for hydroxylation is 1. The molecular formula is C21H22N4OS2. The Morgan fingerprint density at radius 1 is 1.21 bits per heavy atom. The zero-order valence-electron chi connectivity index (χ0n) is 15.9. The molecule has 0 radical (unpaired) electrons. The van der Waals surface area contributed by atoms with Crippen LogP contribution >= 0.6 is 23.1 Å². The summed E-state index contributed by atoms with van der Waals surface area (Å²) in [6.45, 7) is 4.00. The SMILES string of the molecule is CCC(Sc1ccc(-c2ccccc2)nn1)C(=O)N(c1nc(C)cs1)C1CC1. The second-order valence-corrected chi connectivity index (χ2v) is 8.91. The van der Waals surface area contributed by atoms with E-state index in [0.29, 0.717) is 6.04 Å². The fourth-order valence-corrected chi connectivity index (χ4v) is 4.76. The van der Waals surface area contributed by atoms with Crippen molar-refractivity contribution in [1.29, 1.82) is 0 Å². The minimum atomic E-state index is -0.193. The first-order valence-electron chi connectivity index (χ1n) is 9.46. The number of carbonyl (C=O) groups is 1. The predicted octanol–water partition coefficient (Wildman–Crippen LogP) is 4.97. The Bertz CT molecular complexity index is 939. The molecule has 1 aromatic carbocycles. The van der Waals surface area contributed by atoms with Crippen LogP contribution in [0.5, 0.6) is 0 Å². The molecule has 1 fully saturated rings. The molecule has 2 aromatic heterocycles. The van der Waals surface area contributed by atoms with E-state index in [1.54, 1.807) is 11.3 Å². The summed E-state index contributed by atoms with van der Waals surface area (Å²) in [5.74, 6) is 0.123. The quantitative estimate of drug-likeness (QED) is 0.515. The van der Waals surface area contributed by atoms with Crippen LogP contribution in [0.15, 0.2) is 52.9 Å². The molecule has 0 spiro atoms. The molecule has 0 saturated heterocycles. The molecule has 0 bridgehead atoms. The number of anilines is 1. The molecule has 1 aliphatic carbocycles. The van der Waals surface area contributed by atoms with Crippen molar-refractivity contribution >= 4 is 34.1 Å². The number of nitrogens with zero attached hydrogens (tertiary/aromatic N) is 4. The Morgan fingerprint density at radius 2 is 2.00 bits per heavy atom. The van der Waals surface area contributed by atoms with Gasteiger partial charge in [0.25, 0.3) is 0 Å². The van der Waals surface area contributed by atoms with Gasteiger partial charge in [0.05, 0.1) is 16.6 Å². The monoisotopic (exact) mass is 410 g/mol. The zero-order valence-corrected chi connectivity index (χ0v) is 17.5. The Balaban J connectivity index is 1.50. The van der Waals surface area contributed by atoms with E-state index >= 15 is 0 Å². The van der Waals surface area contributed by atoms with Crippen molar-refractivity contribution in [3.05, 3.63) is 53.5 Å². The van der Waals surface area contributed by atoms with Gasteiger partial charge in [-0.15, -0.1) is 21.5 Å². The molecule has 1 atom stereocenters. The van der Waals surface area contributed by atoms with Gasteiger partial charge in [0, 0.05) is 17.0 Å². The molecule has 5 nitrogen and oxygen atoms in total. The maximum Gasteiger partial charge on any atom is 0.242 e. The number of benzene rings is 1. The van der Waals surface area contributed by atoms with E-state index < -0.39 is 0 Å². The largest absolute Gasteiger partial charge is 0.284 e. The Hall–Kier alpha value is -2.25. The van der Waals surface area contributed by atoms with E-state index in [9.17, 15) is 4.79 Å². The highest BCUT2D eigenvalue weighted by molar-refractivity contribution is 8.00. The third-order valence-corrected chi connectivity index (χ3v) is 6.82. The third-order valence-electron chi connectivity index (χ3n) is 4.58. The second kappa shape index (κ2) is 8.41. The maximum absolute atomic E-state index is 13.3. The molecule has 0 N–H and O–H groups in total. The number of thioether (sulfide) groups is 1. The maximum atomic E-state index is 13.3. The molecule has 1 amide bonds. The van der Waals surface area contributed by atoms with Gasteiger partial charge in [0.2, 0.25) is 5.91 Å². The summed E-state index contributed by atoms with van der Waals surface area (Å²) in [6, 6.07) is 14.2. The van der Waals surface area contributed by atoms with Crippen LogP contribution in [0.1, 0.15) is 31.9 Å². The lowest BCUT2D eigenvalue weighted by atomic mass is 10.1. The molecule has 1 aliphatic rings. The van der Waals surface area contributed by atoms with E-state index in [4.69, 9.17) is 0 Å². The molecule has 4 rings (SSSR count). The van der Waals surface area contributed by atoms with Crippen LogP contribution in [0.4, 0.5) is 5.13 Å². The predicted molar refractivity (Wildman–Crippen MR) is 115 cm³/mol. The zero-order chi connectivity index (χ0) is 19.5. The van der Waals surface area contributed by atoms with Crippen molar-refractivity contribution in [1.82, 2.24) is 15.2 Å². The fourth-order valence-electron chi connectivity index (χ4n) is 2.97. The standard InChI is InChI=1S/C21H22N4OS2/c1-3-18(20(26)25(16-9-10-16)21-22-14(2)13-27-21)28-19-12-11-17(23-24-19)15-7-5-4-6-8-15/h4-8,11-13,16,18H,3,9-10H2,1-2H3. The molecule has 2 heterocycles. The molecular weight excluding hydrogens is 388 g/mol. The van der Waals surface area contributed by atoms with Gasteiger partial charge in [-0.1, -0.05) is 49.0 Å². The molecule has 144 valence electrons. The van der Waals surface area contributed by atoms with E-state index in [1.165, 1.54) is 11.8 Å². The highest BCUT2D eigenvalue weighted by Gasteiger charge is 2.38. The van der Waals surface area contributed by atoms with Gasteiger partial charge in [-0.2, -0.15) is 0 Å². The summed E-state index contributed by atoms with van der Waals surface area (Å²) in [5.41, 5.74) is 2.83. The van der Waals surface area contributed by atoms with Crippen LogP contribution in [0.25, 0.3) is 11.3 Å². The summed E-state index contributed by atoms with van der Waals surface area (Å²) in [6.07, 6.45) is 2.84. The average Bonchev–Trinajstić information content (AvgIpc) is 3.47. The van der Waals surface area contributed by atoms with E-state index in [0.717, 1.165) is 46.4 Å². The van der Waals surface area contributed by atoms with Crippen LogP contribution in [0.2, 0.25) is 0 Å². The summed E-state index contributed by atoms with van der Waals surface area (Å²) in [4.78, 5) is 19.7. The number of hydrogen-bond acceptors (Lipinski definition) is 6. The van der Waals surface area contributed by atoms with Crippen molar-refractivity contribution in [2.24, 2.45) is 0 Å². The number of hydrogen-bond donors (Lipinski definition) is 0. The van der Waals surface area contributed by atoms with Crippen LogP contribution < -0.4 is 4.90 Å². The molecule has 1 saturated carbocycles. The van der Waals surface area contributed by atoms with Crippen molar-refractivity contribution in [2.75, 3.05) is 4.90 Å². The van der Waals surface area contributed by atoms with E-state index in [1.807, 2.05) is 66.6 Å².